The molecular formula is C28H20N2O5S. The molecule has 8 heteroatoms. The third kappa shape index (κ3) is 5.92. The molecule has 0 bridgehead atoms. The average Bonchev–Trinajstić information content (AvgIpc) is 2.90. The number of Topliss-reactive ketones (excluding diaryl/α,β-unsaturated/α-hetero) is 1. The van der Waals surface area contributed by atoms with Crippen molar-refractivity contribution in [1.29, 1.82) is 0 Å². The summed E-state index contributed by atoms with van der Waals surface area (Å²) in [5.74, 6) is -1.05. The number of non-ortho nitro benzene ring substituents is 1. The van der Waals surface area contributed by atoms with Crippen LogP contribution in [0.5, 0.6) is 0 Å². The molecule has 0 aliphatic rings. The average molecular weight is 497 g/mol. The van der Waals surface area contributed by atoms with E-state index in [0.717, 1.165) is 15.4 Å². The summed E-state index contributed by atoms with van der Waals surface area (Å²) < 4.78 is 0. The Morgan fingerprint density at radius 2 is 1.36 bits per heavy atom. The fourth-order valence-corrected chi connectivity index (χ4v) is 4.17. The lowest BCUT2D eigenvalue weighted by molar-refractivity contribution is -0.384. The van der Waals surface area contributed by atoms with Gasteiger partial charge in [0.15, 0.2) is 5.71 Å². The van der Waals surface area contributed by atoms with Gasteiger partial charge in [0.05, 0.1) is 10.5 Å². The number of carbonyl (C=O) groups excluding carboxylic acids is 2. The minimum atomic E-state index is -0.663. The Balaban J connectivity index is 1.57. The van der Waals surface area contributed by atoms with E-state index in [2.05, 4.69) is 5.16 Å². The Morgan fingerprint density at radius 3 is 1.97 bits per heavy atom. The van der Waals surface area contributed by atoms with Crippen LogP contribution < -0.4 is 0 Å². The zero-order valence-electron chi connectivity index (χ0n) is 19.2. The fraction of sp³-hybridized carbons (Fsp3) is 0.0357. The van der Waals surface area contributed by atoms with E-state index in [-0.39, 0.29) is 11.4 Å². The SMILES string of the molecule is Cc1ccccc1/C(=N/OC(=O)c1ccccc1)C(=O)c1ccc(Sc2ccc([N+](=O)[O-])cc2)cc1. The number of benzene rings is 4. The van der Waals surface area contributed by atoms with E-state index in [1.165, 1.54) is 23.9 Å². The first-order chi connectivity index (χ1) is 17.4. The molecule has 4 rings (SSSR count). The second-order valence-corrected chi connectivity index (χ2v) is 8.85. The van der Waals surface area contributed by atoms with Crippen LogP contribution >= 0.6 is 11.8 Å². The molecule has 0 spiro atoms. The quantitative estimate of drug-likeness (QED) is 0.0908. The first-order valence-corrected chi connectivity index (χ1v) is 11.7. The monoisotopic (exact) mass is 496 g/mol. The van der Waals surface area contributed by atoms with Crippen LogP contribution in [0.3, 0.4) is 0 Å². The van der Waals surface area contributed by atoms with Gasteiger partial charge in [-0.2, -0.15) is 0 Å². The third-order valence-electron chi connectivity index (χ3n) is 5.24. The molecule has 0 fully saturated rings. The summed E-state index contributed by atoms with van der Waals surface area (Å²) in [5, 5.41) is 14.8. The molecular weight excluding hydrogens is 476 g/mol. The summed E-state index contributed by atoms with van der Waals surface area (Å²) >= 11 is 1.41. The maximum atomic E-state index is 13.4. The van der Waals surface area contributed by atoms with Crippen molar-refractivity contribution in [2.45, 2.75) is 16.7 Å². The standard InChI is InChI=1S/C28H20N2O5S/c1-19-7-5-6-10-25(19)26(29-35-28(32)21-8-3-2-4-9-21)27(31)20-11-15-23(16-12-20)36-24-17-13-22(14-18-24)30(33)34/h2-18H,1H3/b29-26-. The van der Waals surface area contributed by atoms with E-state index < -0.39 is 16.7 Å². The molecule has 0 amide bonds. The van der Waals surface area contributed by atoms with Crippen molar-refractivity contribution in [2.75, 3.05) is 0 Å². The Labute approximate surface area is 211 Å². The third-order valence-corrected chi connectivity index (χ3v) is 6.26. The zero-order valence-corrected chi connectivity index (χ0v) is 20.0. The molecule has 0 aromatic heterocycles. The van der Waals surface area contributed by atoms with Crippen LogP contribution in [0.1, 0.15) is 31.8 Å². The number of oxime groups is 1. The molecule has 178 valence electrons. The second-order valence-electron chi connectivity index (χ2n) is 7.71. The number of nitrogens with zero attached hydrogens (tertiary/aromatic N) is 2. The summed E-state index contributed by atoms with van der Waals surface area (Å²) in [6.07, 6.45) is 0. The van der Waals surface area contributed by atoms with Gasteiger partial charge in [-0.05, 0) is 61.0 Å². The molecule has 0 saturated heterocycles. The molecule has 0 aliphatic carbocycles. The predicted molar refractivity (Wildman–Crippen MR) is 138 cm³/mol. The van der Waals surface area contributed by atoms with Crippen LogP contribution in [-0.4, -0.2) is 22.4 Å². The van der Waals surface area contributed by atoms with Crippen molar-refractivity contribution in [2.24, 2.45) is 5.16 Å². The van der Waals surface area contributed by atoms with Gasteiger partial charge >= 0.3 is 5.97 Å². The molecule has 7 nitrogen and oxygen atoms in total. The maximum Gasteiger partial charge on any atom is 0.365 e. The van der Waals surface area contributed by atoms with Gasteiger partial charge in [-0.15, -0.1) is 0 Å². The lowest BCUT2D eigenvalue weighted by atomic mass is 9.97. The molecule has 0 N–H and O–H groups in total. The van der Waals surface area contributed by atoms with Crippen molar-refractivity contribution in [1.82, 2.24) is 0 Å². The van der Waals surface area contributed by atoms with E-state index in [0.29, 0.717) is 16.7 Å². The van der Waals surface area contributed by atoms with Gasteiger partial charge in [0, 0.05) is 33.1 Å². The molecule has 36 heavy (non-hydrogen) atoms. The highest BCUT2D eigenvalue weighted by atomic mass is 32.2. The largest absolute Gasteiger partial charge is 0.365 e. The Kier molecular flexibility index (Phi) is 7.67. The number of aryl methyl sites for hydroxylation is 1. The van der Waals surface area contributed by atoms with Gasteiger partial charge in [-0.1, -0.05) is 59.4 Å². The van der Waals surface area contributed by atoms with E-state index in [1.807, 2.05) is 19.1 Å². The van der Waals surface area contributed by atoms with Crippen LogP contribution in [0.2, 0.25) is 0 Å². The van der Waals surface area contributed by atoms with Crippen molar-refractivity contribution in [3.05, 3.63) is 135 Å². The van der Waals surface area contributed by atoms with Crippen LogP contribution in [-0.2, 0) is 4.84 Å². The molecule has 0 unspecified atom stereocenters. The zero-order chi connectivity index (χ0) is 25.5. The minimum absolute atomic E-state index is 0.0214. The summed E-state index contributed by atoms with van der Waals surface area (Å²) in [4.78, 5) is 43.1. The Morgan fingerprint density at radius 1 is 0.778 bits per heavy atom. The number of hydrogen-bond donors (Lipinski definition) is 0. The van der Waals surface area contributed by atoms with E-state index in [9.17, 15) is 19.7 Å². The number of nitro groups is 1. The lowest BCUT2D eigenvalue weighted by Gasteiger charge is -2.09. The number of carbonyl (C=O) groups is 2. The molecule has 0 atom stereocenters. The van der Waals surface area contributed by atoms with E-state index in [4.69, 9.17) is 4.84 Å². The van der Waals surface area contributed by atoms with Gasteiger partial charge < -0.3 is 4.84 Å². The van der Waals surface area contributed by atoms with Gasteiger partial charge in [-0.3, -0.25) is 14.9 Å². The first kappa shape index (κ1) is 24.6. The van der Waals surface area contributed by atoms with Crippen molar-refractivity contribution in [3.63, 3.8) is 0 Å². The number of rotatable bonds is 8. The molecule has 4 aromatic rings. The normalized spacial score (nSPS) is 11.1. The van der Waals surface area contributed by atoms with Crippen molar-refractivity contribution >= 4 is 34.9 Å². The van der Waals surface area contributed by atoms with Gasteiger partial charge in [0.1, 0.15) is 0 Å². The summed E-state index contributed by atoms with van der Waals surface area (Å²) in [5.41, 5.74) is 2.12. The van der Waals surface area contributed by atoms with Crippen molar-refractivity contribution < 1.29 is 19.3 Å². The summed E-state index contributed by atoms with van der Waals surface area (Å²) in [6.45, 7) is 1.85. The minimum Gasteiger partial charge on any atom is -0.312 e. The highest BCUT2D eigenvalue weighted by Gasteiger charge is 2.20. The van der Waals surface area contributed by atoms with Gasteiger partial charge in [-0.25, -0.2) is 4.79 Å². The lowest BCUT2D eigenvalue weighted by Crippen LogP contribution is -2.18. The van der Waals surface area contributed by atoms with E-state index in [1.54, 1.807) is 78.9 Å². The fourth-order valence-electron chi connectivity index (χ4n) is 3.35. The predicted octanol–water partition coefficient (Wildman–Crippen LogP) is 6.50. The number of nitro benzene ring substituents is 1. The summed E-state index contributed by atoms with van der Waals surface area (Å²) in [6, 6.07) is 28.8. The number of ketones is 1. The van der Waals surface area contributed by atoms with Crippen molar-refractivity contribution in [3.8, 4) is 0 Å². The molecule has 0 aliphatic heterocycles. The van der Waals surface area contributed by atoms with E-state index >= 15 is 0 Å². The Bertz CT molecular complexity index is 1430. The molecule has 0 saturated carbocycles. The highest BCUT2D eigenvalue weighted by molar-refractivity contribution is 7.99. The summed E-state index contributed by atoms with van der Waals surface area (Å²) in [7, 11) is 0. The van der Waals surface area contributed by atoms with Gasteiger partial charge in [0.25, 0.3) is 5.69 Å². The van der Waals surface area contributed by atoms with Crippen LogP contribution in [0, 0.1) is 17.0 Å². The molecule has 0 radical (unpaired) electrons. The van der Waals surface area contributed by atoms with Crippen LogP contribution in [0.15, 0.2) is 118 Å². The highest BCUT2D eigenvalue weighted by Crippen LogP contribution is 2.29. The van der Waals surface area contributed by atoms with Crippen LogP contribution in [0.25, 0.3) is 0 Å². The smallest absolute Gasteiger partial charge is 0.312 e. The first-order valence-electron chi connectivity index (χ1n) is 10.9. The Hall–Kier alpha value is -4.56. The van der Waals surface area contributed by atoms with Gasteiger partial charge in [0.2, 0.25) is 5.78 Å². The number of hydrogen-bond acceptors (Lipinski definition) is 7. The molecule has 0 heterocycles. The van der Waals surface area contributed by atoms with Crippen LogP contribution in [0.4, 0.5) is 5.69 Å². The molecule has 4 aromatic carbocycles. The topological polar surface area (TPSA) is 98.9 Å². The second kappa shape index (κ2) is 11.2. The maximum absolute atomic E-state index is 13.4.